The first kappa shape index (κ1) is 30.0. The van der Waals surface area contributed by atoms with E-state index in [1.807, 2.05) is 0 Å². The third-order valence-electron chi connectivity index (χ3n) is 7.69. The Morgan fingerprint density at radius 1 is 0.865 bits per heavy atom. The average Bonchev–Trinajstić information content (AvgIpc) is 2.83. The van der Waals surface area contributed by atoms with Crippen molar-refractivity contribution >= 4 is 19.6 Å². The minimum atomic E-state index is -0.0435. The van der Waals surface area contributed by atoms with Gasteiger partial charge in [-0.15, -0.1) is 0 Å². The van der Waals surface area contributed by atoms with Crippen LogP contribution in [0.3, 0.4) is 0 Å². The van der Waals surface area contributed by atoms with E-state index in [0.717, 1.165) is 18.6 Å². The first-order valence-electron chi connectivity index (χ1n) is 14.2. The van der Waals surface area contributed by atoms with Gasteiger partial charge in [-0.2, -0.15) is 0 Å². The number of methoxy groups -OCH3 is 1. The van der Waals surface area contributed by atoms with Gasteiger partial charge in [0.2, 0.25) is 0 Å². The number of rotatable bonds is 9. The first-order valence-corrected chi connectivity index (χ1v) is 15.2. The Labute approximate surface area is 229 Å². The van der Waals surface area contributed by atoms with Crippen LogP contribution in [0.25, 0.3) is 0 Å². The van der Waals surface area contributed by atoms with Crippen LogP contribution in [0.2, 0.25) is 0 Å². The summed E-state index contributed by atoms with van der Waals surface area (Å²) in [6.45, 7) is 23.5. The summed E-state index contributed by atoms with van der Waals surface area (Å²) in [7, 11) is 2.36. The van der Waals surface area contributed by atoms with Crippen LogP contribution in [0.4, 0.5) is 5.69 Å². The number of piperidine rings is 1. The van der Waals surface area contributed by atoms with E-state index in [1.54, 1.807) is 7.11 Å². The normalized spacial score (nSPS) is 16.9. The second-order valence-electron chi connectivity index (χ2n) is 13.2. The molecule has 0 N–H and O–H groups in total. The zero-order chi connectivity index (χ0) is 27.4. The van der Waals surface area contributed by atoms with Gasteiger partial charge in [-0.3, -0.25) is 0 Å². The zero-order valence-electron chi connectivity index (χ0n) is 25.3. The van der Waals surface area contributed by atoms with Crippen molar-refractivity contribution in [2.75, 3.05) is 31.9 Å². The summed E-state index contributed by atoms with van der Waals surface area (Å²) in [5, 5.41) is 1.44. The molecular formula is C33H52NO2P. The monoisotopic (exact) mass is 525 g/mol. The van der Waals surface area contributed by atoms with E-state index in [1.165, 1.54) is 65.6 Å². The van der Waals surface area contributed by atoms with Gasteiger partial charge < -0.3 is 14.4 Å². The van der Waals surface area contributed by atoms with Gasteiger partial charge in [0.25, 0.3) is 0 Å². The van der Waals surface area contributed by atoms with Gasteiger partial charge in [-0.1, -0.05) is 94.7 Å². The maximum atomic E-state index is 6.48. The molecule has 3 nitrogen and oxygen atoms in total. The second-order valence-corrected chi connectivity index (χ2v) is 15.1. The van der Waals surface area contributed by atoms with Gasteiger partial charge in [0.15, 0.2) is 6.79 Å². The standard InChI is InChI=1S/C33H52NO2P/c1-11-17-33(9,37-29-16-15-24(2)20-28(29)34-18-13-12-14-19-34)27-22-25(31(3,4)5)21-26(32(6,7)8)30(27)36-23-35-10/h15-16,20-22,37H,11-14,17-19,23H2,1-10H3. The smallest absolute Gasteiger partial charge is 0.188 e. The van der Waals surface area contributed by atoms with Gasteiger partial charge in [0.1, 0.15) is 5.75 Å². The number of nitrogens with zero attached hydrogens (tertiary/aromatic N) is 1. The summed E-state index contributed by atoms with van der Waals surface area (Å²) in [6, 6.07) is 12.0. The number of anilines is 1. The van der Waals surface area contributed by atoms with E-state index in [0.29, 0.717) is 8.58 Å². The van der Waals surface area contributed by atoms with Crippen LogP contribution in [0.5, 0.6) is 5.75 Å². The molecule has 206 valence electrons. The molecule has 0 saturated carbocycles. The number of hydrogen-bond acceptors (Lipinski definition) is 3. The van der Waals surface area contributed by atoms with E-state index in [4.69, 9.17) is 9.47 Å². The zero-order valence-corrected chi connectivity index (χ0v) is 26.3. The highest BCUT2D eigenvalue weighted by atomic mass is 31.1. The van der Waals surface area contributed by atoms with Gasteiger partial charge in [-0.05, 0) is 65.9 Å². The SMILES string of the molecule is CCCC(C)(Pc1ccc(C)cc1N1CCCCC1)c1cc(C(C)(C)C)cc(C(C)(C)C)c1OCOC. The number of ether oxygens (including phenoxy) is 2. The highest BCUT2D eigenvalue weighted by molar-refractivity contribution is 7.49. The average molecular weight is 526 g/mol. The molecule has 0 radical (unpaired) electrons. The molecule has 2 aromatic carbocycles. The van der Waals surface area contributed by atoms with Crippen LogP contribution in [-0.4, -0.2) is 27.0 Å². The molecule has 2 unspecified atom stereocenters. The number of aryl methyl sites for hydroxylation is 1. The Morgan fingerprint density at radius 3 is 2.08 bits per heavy atom. The Morgan fingerprint density at radius 2 is 1.51 bits per heavy atom. The summed E-state index contributed by atoms with van der Waals surface area (Å²) >= 11 is 0. The maximum absolute atomic E-state index is 6.48. The number of hydrogen-bond donors (Lipinski definition) is 0. The Hall–Kier alpha value is -1.57. The second kappa shape index (κ2) is 12.1. The van der Waals surface area contributed by atoms with Crippen LogP contribution in [0.1, 0.15) is 110 Å². The molecule has 4 heteroatoms. The molecule has 1 fully saturated rings. The molecule has 37 heavy (non-hydrogen) atoms. The molecule has 3 rings (SSSR count). The van der Waals surface area contributed by atoms with Gasteiger partial charge in [0, 0.05) is 42.2 Å². The summed E-state index contributed by atoms with van der Waals surface area (Å²) in [5.41, 5.74) is 6.80. The van der Waals surface area contributed by atoms with E-state index < -0.39 is 0 Å². The minimum Gasteiger partial charge on any atom is -0.467 e. The fourth-order valence-electron chi connectivity index (χ4n) is 5.51. The van der Waals surface area contributed by atoms with Crippen molar-refractivity contribution in [1.29, 1.82) is 0 Å². The molecule has 0 spiro atoms. The van der Waals surface area contributed by atoms with Crippen molar-refractivity contribution in [3.05, 3.63) is 52.6 Å². The van der Waals surface area contributed by atoms with E-state index in [-0.39, 0.29) is 22.8 Å². The molecule has 1 saturated heterocycles. The van der Waals surface area contributed by atoms with Crippen molar-refractivity contribution in [3.63, 3.8) is 0 Å². The van der Waals surface area contributed by atoms with Gasteiger partial charge in [-0.25, -0.2) is 0 Å². The lowest BCUT2D eigenvalue weighted by molar-refractivity contribution is 0.0486. The molecule has 0 amide bonds. The lowest BCUT2D eigenvalue weighted by Gasteiger charge is -2.38. The van der Waals surface area contributed by atoms with Crippen LogP contribution in [0, 0.1) is 6.92 Å². The first-order chi connectivity index (χ1) is 17.3. The van der Waals surface area contributed by atoms with Crippen LogP contribution < -0.4 is 14.9 Å². The molecule has 0 aliphatic carbocycles. The van der Waals surface area contributed by atoms with E-state index in [9.17, 15) is 0 Å². The van der Waals surface area contributed by atoms with Gasteiger partial charge >= 0.3 is 0 Å². The molecule has 1 aliphatic rings. The molecule has 2 aromatic rings. The Kier molecular flexibility index (Phi) is 9.79. The van der Waals surface area contributed by atoms with Crippen molar-refractivity contribution in [3.8, 4) is 5.75 Å². The fourth-order valence-corrected chi connectivity index (χ4v) is 7.32. The van der Waals surface area contributed by atoms with Crippen molar-refractivity contribution < 1.29 is 9.47 Å². The molecule has 1 aliphatic heterocycles. The van der Waals surface area contributed by atoms with Crippen molar-refractivity contribution in [1.82, 2.24) is 0 Å². The van der Waals surface area contributed by atoms with E-state index >= 15 is 0 Å². The molecule has 0 aromatic heterocycles. The molecule has 0 bridgehead atoms. The highest BCUT2D eigenvalue weighted by Gasteiger charge is 2.36. The molecular weight excluding hydrogens is 473 g/mol. The van der Waals surface area contributed by atoms with Crippen molar-refractivity contribution in [2.45, 2.75) is 110 Å². The van der Waals surface area contributed by atoms with Gasteiger partial charge in [0.05, 0.1) is 0 Å². The number of benzene rings is 2. The molecule has 1 heterocycles. The van der Waals surface area contributed by atoms with E-state index in [2.05, 4.69) is 97.5 Å². The summed E-state index contributed by atoms with van der Waals surface area (Å²) in [4.78, 5) is 2.64. The largest absolute Gasteiger partial charge is 0.467 e. The third-order valence-corrected chi connectivity index (χ3v) is 9.45. The Balaban J connectivity index is 2.24. The fraction of sp³-hybridized carbons (Fsp3) is 0.636. The minimum absolute atomic E-state index is 0.0428. The van der Waals surface area contributed by atoms with Crippen LogP contribution >= 0.6 is 8.58 Å². The topological polar surface area (TPSA) is 21.7 Å². The van der Waals surface area contributed by atoms with Crippen LogP contribution in [0.15, 0.2) is 30.3 Å². The summed E-state index contributed by atoms with van der Waals surface area (Å²) < 4.78 is 11.9. The van der Waals surface area contributed by atoms with Crippen molar-refractivity contribution in [2.24, 2.45) is 0 Å². The predicted molar refractivity (Wildman–Crippen MR) is 164 cm³/mol. The third kappa shape index (κ3) is 7.30. The Bertz CT molecular complexity index is 1040. The van der Waals surface area contributed by atoms with Crippen LogP contribution in [-0.2, 0) is 20.7 Å². The summed E-state index contributed by atoms with van der Waals surface area (Å²) in [6.07, 6.45) is 6.17. The lowest BCUT2D eigenvalue weighted by atomic mass is 9.77. The summed E-state index contributed by atoms with van der Waals surface area (Å²) in [5.74, 6) is 1.03. The highest BCUT2D eigenvalue weighted by Crippen LogP contribution is 2.52. The lowest BCUT2D eigenvalue weighted by Crippen LogP contribution is -2.33. The quantitative estimate of drug-likeness (QED) is 0.242. The predicted octanol–water partition coefficient (Wildman–Crippen LogP) is 8.58. The maximum Gasteiger partial charge on any atom is 0.188 e. The molecule has 2 atom stereocenters.